The number of nitrogens with zero attached hydrogens (tertiary/aromatic N) is 2. The van der Waals surface area contributed by atoms with Gasteiger partial charge in [-0.25, -0.2) is 9.15 Å². The highest BCUT2D eigenvalue weighted by Gasteiger charge is 2.33. The molecule has 0 saturated heterocycles. The summed E-state index contributed by atoms with van der Waals surface area (Å²) in [6.07, 6.45) is 16.4. The molecule has 208 valence electrons. The predicted octanol–water partition coefficient (Wildman–Crippen LogP) is 4.18. The molecule has 0 aromatic heterocycles. The molecule has 0 amide bonds. The van der Waals surface area contributed by atoms with Gasteiger partial charge in [0, 0.05) is 49.0 Å². The standard InChI is InChI=1S/C32H44N2O4/c1-5-9-17-33(18-10-6-2)23-13-15-25(27(35)21-23)29-31(37)30(32(29)38)26-16-14-24(22-28(26)36)34(19-11-7-3)20-12-8-4/h13-16,21-22,31-32H,5-12,17-20H2,1-4H3/q-2/p+2. The Morgan fingerprint density at radius 1 is 0.579 bits per heavy atom. The van der Waals surface area contributed by atoms with E-state index in [9.17, 15) is 20.4 Å². The summed E-state index contributed by atoms with van der Waals surface area (Å²) >= 11 is 0. The van der Waals surface area contributed by atoms with Crippen LogP contribution in [0.4, 0.5) is 0 Å². The Hall–Kier alpha value is -2.70. The molecule has 0 bridgehead atoms. The third-order valence-electron chi connectivity index (χ3n) is 7.57. The molecule has 1 saturated carbocycles. The van der Waals surface area contributed by atoms with Crippen LogP contribution in [0.25, 0.3) is 0 Å². The number of hydrogen-bond donors (Lipinski definition) is 2. The van der Waals surface area contributed by atoms with Gasteiger partial charge in [-0.05, 0) is 12.2 Å². The summed E-state index contributed by atoms with van der Waals surface area (Å²) < 4.78 is 4.51. The van der Waals surface area contributed by atoms with Crippen molar-refractivity contribution in [3.05, 3.63) is 70.3 Å². The lowest BCUT2D eigenvalue weighted by molar-refractivity contribution is -0.527. The van der Waals surface area contributed by atoms with Crippen molar-refractivity contribution in [2.75, 3.05) is 26.2 Å². The summed E-state index contributed by atoms with van der Waals surface area (Å²) in [6.45, 7) is 12.2. The number of hydrogen-bond acceptors (Lipinski definition) is 4. The van der Waals surface area contributed by atoms with Gasteiger partial charge in [0.05, 0.1) is 12.2 Å². The molecule has 0 aromatic carbocycles. The van der Waals surface area contributed by atoms with E-state index < -0.39 is 12.2 Å². The molecule has 38 heavy (non-hydrogen) atoms. The number of aliphatic hydroxyl groups excluding tert-OH is 2. The molecule has 6 nitrogen and oxygen atoms in total. The minimum absolute atomic E-state index is 0.0293. The van der Waals surface area contributed by atoms with Gasteiger partial charge >= 0.3 is 0 Å². The summed E-state index contributed by atoms with van der Waals surface area (Å²) in [7, 11) is 0. The molecule has 3 aliphatic rings. The van der Waals surface area contributed by atoms with E-state index in [1.54, 1.807) is 24.3 Å². The Labute approximate surface area is 228 Å². The van der Waals surface area contributed by atoms with E-state index in [1.807, 2.05) is 12.2 Å². The van der Waals surface area contributed by atoms with Crippen LogP contribution in [-0.4, -0.2) is 69.2 Å². The van der Waals surface area contributed by atoms with Crippen molar-refractivity contribution < 1.29 is 29.6 Å². The molecule has 0 atom stereocenters. The number of allylic oxidation sites excluding steroid dienone is 6. The van der Waals surface area contributed by atoms with Crippen LogP contribution in [0, 0.1) is 0 Å². The summed E-state index contributed by atoms with van der Waals surface area (Å²) in [5.41, 5.74) is 2.76. The number of rotatable bonds is 12. The fraction of sp³-hybridized carbons (Fsp3) is 0.562. The molecule has 0 aromatic rings. The molecule has 3 aliphatic carbocycles. The molecule has 2 N–H and O–H groups in total. The van der Waals surface area contributed by atoms with Crippen LogP contribution in [0.15, 0.2) is 70.3 Å². The first kappa shape index (κ1) is 29.9. The van der Waals surface area contributed by atoms with Crippen LogP contribution in [0.1, 0.15) is 79.1 Å². The quantitative estimate of drug-likeness (QED) is 0.376. The van der Waals surface area contributed by atoms with E-state index >= 15 is 0 Å². The molecular weight excluding hydrogens is 476 g/mol. The maximum Gasteiger partial charge on any atom is 0.203 e. The fourth-order valence-corrected chi connectivity index (χ4v) is 5.14. The second-order valence-corrected chi connectivity index (χ2v) is 10.5. The van der Waals surface area contributed by atoms with Crippen LogP contribution in [0.5, 0.6) is 0 Å². The first-order valence-electron chi connectivity index (χ1n) is 14.6. The normalized spacial score (nSPS) is 21.1. The van der Waals surface area contributed by atoms with Crippen LogP contribution >= 0.6 is 0 Å². The fourth-order valence-electron chi connectivity index (χ4n) is 5.14. The Morgan fingerprint density at radius 2 is 0.895 bits per heavy atom. The van der Waals surface area contributed by atoms with Crippen molar-refractivity contribution in [2.45, 2.75) is 91.3 Å². The van der Waals surface area contributed by atoms with Crippen molar-refractivity contribution in [2.24, 2.45) is 0 Å². The molecule has 6 heteroatoms. The maximum atomic E-state index is 13.2. The summed E-state index contributed by atoms with van der Waals surface area (Å²) in [4.78, 5) is 0. The largest absolute Gasteiger partial charge is 0.846 e. The molecule has 0 heterocycles. The highest BCUT2D eigenvalue weighted by molar-refractivity contribution is 6.04. The Balaban J connectivity index is 1.88. The Kier molecular flexibility index (Phi) is 11.4. The van der Waals surface area contributed by atoms with E-state index in [0.29, 0.717) is 11.1 Å². The minimum atomic E-state index is -1.38. The summed E-state index contributed by atoms with van der Waals surface area (Å²) in [5, 5.41) is 48.1. The Bertz CT molecular complexity index is 994. The van der Waals surface area contributed by atoms with Crippen LogP contribution in [0.3, 0.4) is 0 Å². The van der Waals surface area contributed by atoms with Crippen LogP contribution in [0.2, 0.25) is 0 Å². The van der Waals surface area contributed by atoms with Gasteiger partial charge < -0.3 is 20.4 Å². The van der Waals surface area contributed by atoms with Crippen molar-refractivity contribution in [1.29, 1.82) is 0 Å². The van der Waals surface area contributed by atoms with Gasteiger partial charge in [-0.15, -0.1) is 0 Å². The van der Waals surface area contributed by atoms with Crippen molar-refractivity contribution in [1.82, 2.24) is 0 Å². The van der Waals surface area contributed by atoms with Gasteiger partial charge in [0.1, 0.15) is 37.7 Å². The number of unbranched alkanes of at least 4 members (excludes halogenated alkanes) is 4. The minimum Gasteiger partial charge on any atom is -0.846 e. The molecule has 0 unspecified atom stereocenters. The van der Waals surface area contributed by atoms with Crippen molar-refractivity contribution in [3.63, 3.8) is 0 Å². The highest BCUT2D eigenvalue weighted by atomic mass is 16.3. The monoisotopic (exact) mass is 522 g/mol. The lowest BCUT2D eigenvalue weighted by Gasteiger charge is -2.54. The van der Waals surface area contributed by atoms with Gasteiger partial charge in [0.2, 0.25) is 11.4 Å². The van der Waals surface area contributed by atoms with Crippen molar-refractivity contribution >= 4 is 11.4 Å². The topological polar surface area (TPSA) is 92.6 Å². The van der Waals surface area contributed by atoms with E-state index in [1.165, 1.54) is 0 Å². The zero-order valence-electron chi connectivity index (χ0n) is 23.7. The maximum absolute atomic E-state index is 13.2. The SMILES string of the molecule is CCCC[N+](CCCC)=C1C=CC(=C2C([O-])C(=C3C=CC(=[N+](CCCC)CCCC)C=C3O)C2[O-])C(O)=C1. The van der Waals surface area contributed by atoms with E-state index in [0.717, 1.165) is 89.0 Å². The first-order valence-corrected chi connectivity index (χ1v) is 14.6. The first-order chi connectivity index (χ1) is 18.4. The predicted molar refractivity (Wildman–Crippen MR) is 151 cm³/mol. The van der Waals surface area contributed by atoms with Crippen LogP contribution in [-0.2, 0) is 0 Å². The van der Waals surface area contributed by atoms with Gasteiger partial charge in [-0.1, -0.05) is 76.7 Å². The average molecular weight is 523 g/mol. The van der Waals surface area contributed by atoms with Crippen LogP contribution < -0.4 is 10.2 Å². The number of aliphatic hydroxyl groups is 2. The molecule has 1 fully saturated rings. The molecular formula is C32H46N2O4. The molecule has 0 aliphatic heterocycles. The van der Waals surface area contributed by atoms with Gasteiger partial charge in [-0.3, -0.25) is 0 Å². The lowest BCUT2D eigenvalue weighted by Crippen LogP contribution is -2.57. The molecule has 0 radical (unpaired) electrons. The average Bonchev–Trinajstić information content (AvgIpc) is 2.91. The lowest BCUT2D eigenvalue weighted by atomic mass is 9.72. The zero-order chi connectivity index (χ0) is 27.7. The van der Waals surface area contributed by atoms with E-state index in [4.69, 9.17) is 0 Å². The smallest absolute Gasteiger partial charge is 0.203 e. The third kappa shape index (κ3) is 6.83. The Morgan fingerprint density at radius 3 is 1.16 bits per heavy atom. The highest BCUT2D eigenvalue weighted by Crippen LogP contribution is 2.39. The molecule has 3 rings (SSSR count). The van der Waals surface area contributed by atoms with Gasteiger partial charge in [-0.2, -0.15) is 0 Å². The van der Waals surface area contributed by atoms with Gasteiger partial charge in [0.15, 0.2) is 0 Å². The second kappa shape index (κ2) is 14.5. The van der Waals surface area contributed by atoms with Gasteiger partial charge in [0.25, 0.3) is 0 Å². The van der Waals surface area contributed by atoms with Crippen molar-refractivity contribution in [3.8, 4) is 0 Å². The zero-order valence-corrected chi connectivity index (χ0v) is 23.7. The second-order valence-electron chi connectivity index (χ2n) is 10.5. The third-order valence-corrected chi connectivity index (χ3v) is 7.57. The molecule has 0 spiro atoms. The summed E-state index contributed by atoms with van der Waals surface area (Å²) in [6, 6.07) is 0. The van der Waals surface area contributed by atoms with E-state index in [2.05, 4.69) is 36.8 Å². The van der Waals surface area contributed by atoms with E-state index in [-0.39, 0.29) is 22.7 Å². The summed E-state index contributed by atoms with van der Waals surface area (Å²) in [5.74, 6) is -0.0587.